The van der Waals surface area contributed by atoms with E-state index in [9.17, 15) is 10.1 Å². The summed E-state index contributed by atoms with van der Waals surface area (Å²) >= 11 is 0. The van der Waals surface area contributed by atoms with Crippen LogP contribution in [0.3, 0.4) is 0 Å². The van der Waals surface area contributed by atoms with Crippen molar-refractivity contribution < 1.29 is 9.66 Å². The van der Waals surface area contributed by atoms with Crippen LogP contribution in [0.25, 0.3) is 0 Å². The molecule has 110 valence electrons. The molecule has 2 heterocycles. The summed E-state index contributed by atoms with van der Waals surface area (Å²) in [6.45, 7) is 4.21. The Morgan fingerprint density at radius 2 is 2.10 bits per heavy atom. The number of nitrogens with zero attached hydrogens (tertiary/aromatic N) is 2. The molecule has 0 amide bonds. The molecule has 1 aliphatic rings. The molecule has 0 saturated carbocycles. The maximum Gasteiger partial charge on any atom is 0.276 e. The van der Waals surface area contributed by atoms with E-state index in [4.69, 9.17) is 4.74 Å². The topological polar surface area (TPSA) is 89.3 Å². The van der Waals surface area contributed by atoms with Gasteiger partial charge in [0.2, 0.25) is 0 Å². The highest BCUT2D eigenvalue weighted by Gasteiger charge is 2.16. The van der Waals surface area contributed by atoms with Crippen molar-refractivity contribution in [2.45, 2.75) is 32.2 Å². The predicted octanol–water partition coefficient (Wildman–Crippen LogP) is 2.40. The zero-order chi connectivity index (χ0) is 14.4. The zero-order valence-corrected chi connectivity index (χ0v) is 11.6. The summed E-state index contributed by atoms with van der Waals surface area (Å²) in [5.41, 5.74) is 0.0492. The van der Waals surface area contributed by atoms with Crippen LogP contribution in [0.4, 0.5) is 17.3 Å². The van der Waals surface area contributed by atoms with Crippen LogP contribution in [0.15, 0.2) is 12.1 Å². The lowest BCUT2D eigenvalue weighted by atomic mass is 10.1. The molecule has 0 radical (unpaired) electrons. The lowest BCUT2D eigenvalue weighted by molar-refractivity contribution is -0.384. The Morgan fingerprint density at radius 1 is 1.40 bits per heavy atom. The van der Waals surface area contributed by atoms with Gasteiger partial charge in [-0.3, -0.25) is 10.1 Å². The minimum atomic E-state index is -0.395. The zero-order valence-electron chi connectivity index (χ0n) is 11.6. The van der Waals surface area contributed by atoms with E-state index in [1.165, 1.54) is 12.1 Å². The van der Waals surface area contributed by atoms with Crippen LogP contribution in [0, 0.1) is 10.1 Å². The van der Waals surface area contributed by atoms with Gasteiger partial charge in [0.1, 0.15) is 11.6 Å². The summed E-state index contributed by atoms with van der Waals surface area (Å²) in [6.07, 6.45) is 2.72. The summed E-state index contributed by atoms with van der Waals surface area (Å²) in [4.78, 5) is 15.0. The smallest absolute Gasteiger partial charge is 0.276 e. The van der Waals surface area contributed by atoms with Crippen LogP contribution in [-0.4, -0.2) is 35.7 Å². The number of pyridine rings is 1. The first-order valence-electron chi connectivity index (χ1n) is 6.93. The second-order valence-corrected chi connectivity index (χ2v) is 4.81. The van der Waals surface area contributed by atoms with Crippen molar-refractivity contribution in [1.29, 1.82) is 0 Å². The van der Waals surface area contributed by atoms with E-state index in [1.807, 2.05) is 6.92 Å². The molecule has 7 nitrogen and oxygen atoms in total. The van der Waals surface area contributed by atoms with E-state index in [-0.39, 0.29) is 11.7 Å². The minimum Gasteiger partial charge on any atom is -0.381 e. The molecule has 2 N–H and O–H groups in total. The van der Waals surface area contributed by atoms with E-state index in [0.29, 0.717) is 24.8 Å². The summed E-state index contributed by atoms with van der Waals surface area (Å²) in [7, 11) is 0. The monoisotopic (exact) mass is 280 g/mol. The molecule has 0 atom stereocenters. The molecule has 0 spiro atoms. The Labute approximate surface area is 117 Å². The molecular weight excluding hydrogens is 260 g/mol. The number of nitrogens with one attached hydrogen (secondary N) is 2. The highest BCUT2D eigenvalue weighted by atomic mass is 16.6. The van der Waals surface area contributed by atoms with Gasteiger partial charge in [-0.15, -0.1) is 0 Å². The maximum absolute atomic E-state index is 11.0. The minimum absolute atomic E-state index is 0.0492. The van der Waals surface area contributed by atoms with Gasteiger partial charge in [-0.05, 0) is 19.3 Å². The Balaban J connectivity index is 2.12. The van der Waals surface area contributed by atoms with Gasteiger partial charge < -0.3 is 15.4 Å². The number of hydrogen-bond acceptors (Lipinski definition) is 6. The SMILES string of the molecule is CCCNc1cc([N+](=O)[O-])cc(NC2CCOCC2)n1. The van der Waals surface area contributed by atoms with Crippen LogP contribution >= 0.6 is 0 Å². The van der Waals surface area contributed by atoms with Crippen molar-refractivity contribution in [2.24, 2.45) is 0 Å². The lowest BCUT2D eigenvalue weighted by Gasteiger charge is -2.23. The van der Waals surface area contributed by atoms with E-state index in [0.717, 1.165) is 25.8 Å². The summed E-state index contributed by atoms with van der Waals surface area (Å²) < 4.78 is 5.30. The van der Waals surface area contributed by atoms with Crippen LogP contribution in [-0.2, 0) is 4.74 Å². The largest absolute Gasteiger partial charge is 0.381 e. The van der Waals surface area contributed by atoms with Crippen molar-refractivity contribution in [2.75, 3.05) is 30.4 Å². The number of hydrogen-bond donors (Lipinski definition) is 2. The highest BCUT2D eigenvalue weighted by molar-refractivity contribution is 5.55. The fraction of sp³-hybridized carbons (Fsp3) is 0.615. The van der Waals surface area contributed by atoms with E-state index >= 15 is 0 Å². The first-order valence-corrected chi connectivity index (χ1v) is 6.93. The average Bonchev–Trinajstić information content (AvgIpc) is 2.46. The molecule has 1 aromatic heterocycles. The van der Waals surface area contributed by atoms with Crippen molar-refractivity contribution in [3.05, 3.63) is 22.2 Å². The van der Waals surface area contributed by atoms with E-state index < -0.39 is 4.92 Å². The maximum atomic E-state index is 11.0. The quantitative estimate of drug-likeness (QED) is 0.614. The molecule has 0 unspecified atom stereocenters. The Hall–Kier alpha value is -1.89. The first kappa shape index (κ1) is 14.5. The molecule has 20 heavy (non-hydrogen) atoms. The van der Waals surface area contributed by atoms with Gasteiger partial charge in [0, 0.05) is 25.8 Å². The summed E-state index contributed by atoms with van der Waals surface area (Å²) in [6, 6.07) is 3.20. The molecule has 1 aromatic rings. The number of ether oxygens (including phenoxy) is 1. The molecule has 2 rings (SSSR count). The Kier molecular flexibility index (Phi) is 5.11. The van der Waals surface area contributed by atoms with Gasteiger partial charge in [-0.1, -0.05) is 6.92 Å². The molecule has 0 aliphatic carbocycles. The van der Waals surface area contributed by atoms with Crippen LogP contribution in [0.1, 0.15) is 26.2 Å². The second-order valence-electron chi connectivity index (χ2n) is 4.81. The fourth-order valence-corrected chi connectivity index (χ4v) is 2.09. The van der Waals surface area contributed by atoms with Crippen molar-refractivity contribution >= 4 is 17.3 Å². The van der Waals surface area contributed by atoms with Gasteiger partial charge in [-0.25, -0.2) is 4.98 Å². The van der Waals surface area contributed by atoms with Gasteiger partial charge in [0.15, 0.2) is 0 Å². The number of nitro groups is 1. The molecule has 7 heteroatoms. The fourth-order valence-electron chi connectivity index (χ4n) is 2.09. The van der Waals surface area contributed by atoms with Crippen LogP contribution < -0.4 is 10.6 Å². The number of anilines is 2. The molecule has 0 bridgehead atoms. The number of aromatic nitrogens is 1. The average molecular weight is 280 g/mol. The third-order valence-electron chi connectivity index (χ3n) is 3.15. The summed E-state index contributed by atoms with van der Waals surface area (Å²) in [5.74, 6) is 1.08. The highest BCUT2D eigenvalue weighted by Crippen LogP contribution is 2.22. The van der Waals surface area contributed by atoms with Crippen molar-refractivity contribution in [3.8, 4) is 0 Å². The lowest BCUT2D eigenvalue weighted by Crippen LogP contribution is -2.28. The molecule has 0 aromatic carbocycles. The predicted molar refractivity (Wildman–Crippen MR) is 77.1 cm³/mol. The molecule has 1 saturated heterocycles. The van der Waals surface area contributed by atoms with Crippen LogP contribution in [0.5, 0.6) is 0 Å². The summed E-state index contributed by atoms with van der Waals surface area (Å²) in [5, 5.41) is 17.3. The van der Waals surface area contributed by atoms with E-state index in [2.05, 4.69) is 15.6 Å². The Bertz CT molecular complexity index is 461. The van der Waals surface area contributed by atoms with Crippen molar-refractivity contribution in [1.82, 2.24) is 4.98 Å². The standard InChI is InChI=1S/C13H20N4O3/c1-2-5-14-12-8-11(17(18)19)9-13(16-12)15-10-3-6-20-7-4-10/h8-10H,2-7H2,1H3,(H2,14,15,16). The third-order valence-corrected chi connectivity index (χ3v) is 3.15. The molecule has 1 aliphatic heterocycles. The third kappa shape index (κ3) is 4.06. The van der Waals surface area contributed by atoms with Gasteiger partial charge in [0.25, 0.3) is 5.69 Å². The van der Waals surface area contributed by atoms with E-state index in [1.54, 1.807) is 0 Å². The Morgan fingerprint density at radius 3 is 2.75 bits per heavy atom. The normalized spacial score (nSPS) is 15.8. The van der Waals surface area contributed by atoms with Crippen LogP contribution in [0.2, 0.25) is 0 Å². The van der Waals surface area contributed by atoms with Gasteiger partial charge in [-0.2, -0.15) is 0 Å². The van der Waals surface area contributed by atoms with Gasteiger partial charge in [0.05, 0.1) is 17.1 Å². The number of rotatable bonds is 6. The van der Waals surface area contributed by atoms with Gasteiger partial charge >= 0.3 is 0 Å². The molecule has 1 fully saturated rings. The first-order chi connectivity index (χ1) is 9.69. The second kappa shape index (κ2) is 7.04. The molecular formula is C13H20N4O3. The van der Waals surface area contributed by atoms with Crippen molar-refractivity contribution in [3.63, 3.8) is 0 Å².